The van der Waals surface area contributed by atoms with E-state index in [4.69, 9.17) is 4.74 Å². The van der Waals surface area contributed by atoms with E-state index in [1.807, 2.05) is 10.8 Å². The molecule has 2 aromatic rings. The van der Waals surface area contributed by atoms with Crippen LogP contribution < -0.4 is 9.46 Å². The average Bonchev–Trinajstić information content (AvgIpc) is 2.46. The molecule has 0 unspecified atom stereocenters. The highest BCUT2D eigenvalue weighted by molar-refractivity contribution is 9.10. The van der Waals surface area contributed by atoms with Gasteiger partial charge in [-0.05, 0) is 36.4 Å². The molecule has 0 atom stereocenters. The van der Waals surface area contributed by atoms with E-state index in [1.165, 1.54) is 12.1 Å². The van der Waals surface area contributed by atoms with Crippen LogP contribution in [0.4, 0.5) is 0 Å². The van der Waals surface area contributed by atoms with Crippen molar-refractivity contribution < 1.29 is 17.9 Å². The lowest BCUT2D eigenvalue weighted by molar-refractivity contribution is -0.121. The summed E-state index contributed by atoms with van der Waals surface area (Å²) in [4.78, 5) is 11.7. The zero-order valence-electron chi connectivity index (χ0n) is 10.8. The van der Waals surface area contributed by atoms with Gasteiger partial charge in [0.15, 0.2) is 6.61 Å². The van der Waals surface area contributed by atoms with E-state index in [2.05, 4.69) is 15.9 Å². The predicted octanol–water partition coefficient (Wildman–Crippen LogP) is 2.33. The number of rotatable bonds is 5. The van der Waals surface area contributed by atoms with Crippen LogP contribution in [0, 0.1) is 0 Å². The van der Waals surface area contributed by atoms with Crippen molar-refractivity contribution in [3.05, 3.63) is 59.1 Å². The Morgan fingerprint density at radius 1 is 1.05 bits per heavy atom. The molecule has 0 fully saturated rings. The number of amides is 1. The van der Waals surface area contributed by atoms with Crippen molar-refractivity contribution in [2.24, 2.45) is 0 Å². The van der Waals surface area contributed by atoms with E-state index < -0.39 is 15.9 Å². The summed E-state index contributed by atoms with van der Waals surface area (Å²) in [7, 11) is -3.88. The molecule has 110 valence electrons. The van der Waals surface area contributed by atoms with Gasteiger partial charge in [0.25, 0.3) is 15.9 Å². The second kappa shape index (κ2) is 6.73. The van der Waals surface area contributed by atoms with Crippen molar-refractivity contribution in [1.29, 1.82) is 0 Å². The van der Waals surface area contributed by atoms with Gasteiger partial charge in [-0.25, -0.2) is 13.1 Å². The summed E-state index contributed by atoms with van der Waals surface area (Å²) in [5, 5.41) is 0. The van der Waals surface area contributed by atoms with Gasteiger partial charge in [-0.2, -0.15) is 0 Å². The third-order valence-corrected chi connectivity index (χ3v) is 4.40. The summed E-state index contributed by atoms with van der Waals surface area (Å²) in [5.41, 5.74) is 0. The summed E-state index contributed by atoms with van der Waals surface area (Å²) in [6.07, 6.45) is 0. The van der Waals surface area contributed by atoms with Crippen molar-refractivity contribution in [2.75, 3.05) is 6.61 Å². The Balaban J connectivity index is 1.97. The predicted molar refractivity (Wildman–Crippen MR) is 81.4 cm³/mol. The molecule has 7 heteroatoms. The molecular weight excluding hydrogens is 358 g/mol. The third-order valence-electron chi connectivity index (χ3n) is 2.49. The number of benzene rings is 2. The number of hydrogen-bond acceptors (Lipinski definition) is 4. The Bertz CT molecular complexity index is 714. The monoisotopic (exact) mass is 369 g/mol. The van der Waals surface area contributed by atoms with Gasteiger partial charge >= 0.3 is 0 Å². The van der Waals surface area contributed by atoms with Crippen LogP contribution in [0.3, 0.4) is 0 Å². The molecule has 0 aliphatic rings. The van der Waals surface area contributed by atoms with Crippen molar-refractivity contribution in [1.82, 2.24) is 4.72 Å². The minimum absolute atomic E-state index is 0.0127. The molecule has 0 heterocycles. The summed E-state index contributed by atoms with van der Waals surface area (Å²) < 4.78 is 31.8. The maximum atomic E-state index is 12.0. The Morgan fingerprint density at radius 3 is 2.29 bits per heavy atom. The number of carbonyl (C=O) groups excluding carboxylic acids is 1. The fourth-order valence-corrected chi connectivity index (χ4v) is 2.75. The SMILES string of the molecule is O=C(COc1ccccc1)NS(=O)(=O)c1ccc(Br)cc1. The van der Waals surface area contributed by atoms with Crippen LogP contribution in [0.15, 0.2) is 64.0 Å². The van der Waals surface area contributed by atoms with E-state index >= 15 is 0 Å². The van der Waals surface area contributed by atoms with Gasteiger partial charge in [-0.15, -0.1) is 0 Å². The summed E-state index contributed by atoms with van der Waals surface area (Å²) in [6.45, 7) is -0.375. The van der Waals surface area contributed by atoms with Gasteiger partial charge in [0.05, 0.1) is 4.90 Å². The molecule has 2 rings (SSSR count). The molecule has 1 N–H and O–H groups in total. The first-order chi connectivity index (χ1) is 9.97. The van der Waals surface area contributed by atoms with Gasteiger partial charge in [0.1, 0.15) is 5.75 Å². The maximum absolute atomic E-state index is 12.0. The lowest BCUT2D eigenvalue weighted by Gasteiger charge is -2.08. The van der Waals surface area contributed by atoms with Crippen LogP contribution in [0.25, 0.3) is 0 Å². The molecule has 0 aliphatic heterocycles. The average molecular weight is 370 g/mol. The molecule has 2 aromatic carbocycles. The Hall–Kier alpha value is -1.86. The molecule has 0 aromatic heterocycles. The first kappa shape index (κ1) is 15.5. The minimum atomic E-state index is -3.88. The van der Waals surface area contributed by atoms with Crippen LogP contribution in [-0.2, 0) is 14.8 Å². The number of carbonyl (C=O) groups is 1. The van der Waals surface area contributed by atoms with Gasteiger partial charge < -0.3 is 4.74 Å². The first-order valence-corrected chi connectivity index (χ1v) is 8.24. The smallest absolute Gasteiger partial charge is 0.271 e. The van der Waals surface area contributed by atoms with E-state index in [0.29, 0.717) is 5.75 Å². The second-order valence-corrected chi connectivity index (χ2v) is 6.68. The van der Waals surface area contributed by atoms with Gasteiger partial charge in [0.2, 0.25) is 0 Å². The van der Waals surface area contributed by atoms with Crippen molar-refractivity contribution in [3.63, 3.8) is 0 Å². The lowest BCUT2D eigenvalue weighted by atomic mass is 10.3. The molecule has 0 saturated carbocycles. The van der Waals surface area contributed by atoms with E-state index in [0.717, 1.165) is 4.47 Å². The molecule has 0 radical (unpaired) electrons. The Kier molecular flexibility index (Phi) is 4.98. The molecule has 0 aliphatic carbocycles. The van der Waals surface area contributed by atoms with Crippen LogP contribution in [0.1, 0.15) is 0 Å². The quantitative estimate of drug-likeness (QED) is 0.877. The highest BCUT2D eigenvalue weighted by Gasteiger charge is 2.17. The third kappa shape index (κ3) is 4.57. The fraction of sp³-hybridized carbons (Fsp3) is 0.0714. The molecule has 21 heavy (non-hydrogen) atoms. The number of para-hydroxylation sites is 1. The summed E-state index contributed by atoms with van der Waals surface area (Å²) in [6, 6.07) is 14.6. The summed E-state index contributed by atoms with van der Waals surface area (Å²) >= 11 is 3.21. The fourth-order valence-electron chi connectivity index (χ4n) is 1.52. The largest absolute Gasteiger partial charge is 0.484 e. The standard InChI is InChI=1S/C14H12BrNO4S/c15-11-6-8-13(9-7-11)21(18,19)16-14(17)10-20-12-4-2-1-3-5-12/h1-9H,10H2,(H,16,17). The zero-order valence-corrected chi connectivity index (χ0v) is 13.2. The van der Waals surface area contributed by atoms with Crippen LogP contribution >= 0.6 is 15.9 Å². The Labute approximate surface area is 131 Å². The van der Waals surface area contributed by atoms with Gasteiger partial charge in [-0.1, -0.05) is 34.1 Å². The van der Waals surface area contributed by atoms with Crippen molar-refractivity contribution in [3.8, 4) is 5.75 Å². The molecule has 0 spiro atoms. The van der Waals surface area contributed by atoms with Gasteiger partial charge in [0, 0.05) is 4.47 Å². The van der Waals surface area contributed by atoms with Crippen LogP contribution in [0.5, 0.6) is 5.75 Å². The highest BCUT2D eigenvalue weighted by Crippen LogP contribution is 2.14. The maximum Gasteiger partial charge on any atom is 0.271 e. The van der Waals surface area contributed by atoms with E-state index in [1.54, 1.807) is 36.4 Å². The molecule has 1 amide bonds. The van der Waals surface area contributed by atoms with Crippen molar-refractivity contribution >= 4 is 31.9 Å². The molecule has 5 nitrogen and oxygen atoms in total. The number of hydrogen-bond donors (Lipinski definition) is 1. The summed E-state index contributed by atoms with van der Waals surface area (Å²) in [5.74, 6) is -0.240. The van der Waals surface area contributed by atoms with Crippen LogP contribution in [0.2, 0.25) is 0 Å². The number of sulfonamides is 1. The van der Waals surface area contributed by atoms with Crippen molar-refractivity contribution in [2.45, 2.75) is 4.90 Å². The number of ether oxygens (including phenoxy) is 1. The van der Waals surface area contributed by atoms with E-state index in [-0.39, 0.29) is 11.5 Å². The van der Waals surface area contributed by atoms with E-state index in [9.17, 15) is 13.2 Å². The Morgan fingerprint density at radius 2 is 1.67 bits per heavy atom. The first-order valence-electron chi connectivity index (χ1n) is 5.96. The highest BCUT2D eigenvalue weighted by atomic mass is 79.9. The number of nitrogens with one attached hydrogen (secondary N) is 1. The lowest BCUT2D eigenvalue weighted by Crippen LogP contribution is -2.34. The molecule has 0 saturated heterocycles. The number of halogens is 1. The normalized spacial score (nSPS) is 10.9. The molecular formula is C14H12BrNO4S. The second-order valence-electron chi connectivity index (χ2n) is 4.08. The zero-order chi connectivity index (χ0) is 15.3. The molecule has 0 bridgehead atoms. The van der Waals surface area contributed by atoms with Gasteiger partial charge in [-0.3, -0.25) is 4.79 Å². The van der Waals surface area contributed by atoms with Crippen LogP contribution in [-0.4, -0.2) is 20.9 Å². The topological polar surface area (TPSA) is 72.5 Å². The minimum Gasteiger partial charge on any atom is -0.484 e.